The Bertz CT molecular complexity index is 327. The number of hydrogen-bond acceptors (Lipinski definition) is 2. The fraction of sp³-hybridized carbons (Fsp3) is 0.333. The summed E-state index contributed by atoms with van der Waals surface area (Å²) in [5.74, 6) is 0. The van der Waals surface area contributed by atoms with Crippen molar-refractivity contribution in [3.05, 3.63) is 41.1 Å². The summed E-state index contributed by atoms with van der Waals surface area (Å²) in [6.07, 6.45) is 3.87. The molecule has 0 aliphatic heterocycles. The van der Waals surface area contributed by atoms with Gasteiger partial charge in [-0.25, -0.2) is 4.98 Å². The Hall–Kier alpha value is -1.38. The van der Waals surface area contributed by atoms with Gasteiger partial charge in [0.25, 0.3) is 5.56 Å². The molecule has 1 heterocycles. The molecule has 0 aliphatic rings. The highest BCUT2D eigenvalue weighted by molar-refractivity contribution is 4.89. The number of allylic oxidation sites excluding steroid dienone is 1. The molecule has 64 valence electrons. The maximum Gasteiger partial charge on any atom is 0.253 e. The molecule has 1 aromatic heterocycles. The second-order valence-electron chi connectivity index (χ2n) is 2.82. The molecule has 0 spiro atoms. The molecule has 0 N–H and O–H groups in total. The van der Waals surface area contributed by atoms with Crippen molar-refractivity contribution in [2.45, 2.75) is 19.9 Å². The summed E-state index contributed by atoms with van der Waals surface area (Å²) in [6.45, 7) is 6.38. The molecule has 0 fully saturated rings. The van der Waals surface area contributed by atoms with E-state index in [4.69, 9.17) is 0 Å². The molecule has 0 unspecified atom stereocenters. The van der Waals surface area contributed by atoms with Gasteiger partial charge in [-0.3, -0.25) is 9.36 Å². The Balaban J connectivity index is 2.70. The fourth-order valence-corrected chi connectivity index (χ4v) is 0.858. The van der Waals surface area contributed by atoms with E-state index in [1.807, 2.05) is 6.92 Å². The van der Waals surface area contributed by atoms with E-state index in [9.17, 15) is 4.79 Å². The summed E-state index contributed by atoms with van der Waals surface area (Å²) in [6, 6.07) is 1.46. The Morgan fingerprint density at radius 3 is 3.08 bits per heavy atom. The first-order valence-corrected chi connectivity index (χ1v) is 3.85. The summed E-state index contributed by atoms with van der Waals surface area (Å²) in [5, 5.41) is 0. The van der Waals surface area contributed by atoms with Crippen LogP contribution in [-0.4, -0.2) is 9.55 Å². The molecule has 3 nitrogen and oxygen atoms in total. The zero-order chi connectivity index (χ0) is 8.97. The van der Waals surface area contributed by atoms with Crippen LogP contribution < -0.4 is 5.56 Å². The minimum atomic E-state index is -0.00810. The first-order chi connectivity index (χ1) is 5.70. The van der Waals surface area contributed by atoms with Gasteiger partial charge in [-0.1, -0.05) is 5.57 Å². The van der Waals surface area contributed by atoms with Crippen LogP contribution >= 0.6 is 0 Å². The summed E-state index contributed by atoms with van der Waals surface area (Å²) in [4.78, 5) is 15.0. The van der Waals surface area contributed by atoms with Crippen molar-refractivity contribution in [1.82, 2.24) is 9.55 Å². The van der Waals surface area contributed by atoms with Crippen LogP contribution in [0.3, 0.4) is 0 Å². The number of aryl methyl sites for hydroxylation is 1. The van der Waals surface area contributed by atoms with Crippen LogP contribution in [-0.2, 0) is 6.54 Å². The molecule has 0 amide bonds. The van der Waals surface area contributed by atoms with E-state index in [1.54, 1.807) is 10.9 Å². The second-order valence-corrected chi connectivity index (χ2v) is 2.82. The van der Waals surface area contributed by atoms with E-state index < -0.39 is 0 Å². The first-order valence-electron chi connectivity index (χ1n) is 3.85. The van der Waals surface area contributed by atoms with Crippen LogP contribution in [0.5, 0.6) is 0 Å². The van der Waals surface area contributed by atoms with Crippen LogP contribution in [0.25, 0.3) is 0 Å². The highest BCUT2D eigenvalue weighted by atomic mass is 16.1. The lowest BCUT2D eigenvalue weighted by Crippen LogP contribution is -2.18. The van der Waals surface area contributed by atoms with Gasteiger partial charge in [0.1, 0.15) is 0 Å². The molecule has 12 heavy (non-hydrogen) atoms. The van der Waals surface area contributed by atoms with Gasteiger partial charge in [-0.05, 0) is 13.3 Å². The van der Waals surface area contributed by atoms with Crippen molar-refractivity contribution in [1.29, 1.82) is 0 Å². The predicted molar refractivity (Wildman–Crippen MR) is 47.9 cm³/mol. The molecule has 1 aromatic rings. The normalized spacial score (nSPS) is 9.75. The molecule has 0 saturated heterocycles. The van der Waals surface area contributed by atoms with Crippen LogP contribution in [0.15, 0.2) is 35.5 Å². The van der Waals surface area contributed by atoms with Gasteiger partial charge in [-0.15, -0.1) is 6.58 Å². The van der Waals surface area contributed by atoms with Crippen LogP contribution in [0.4, 0.5) is 0 Å². The van der Waals surface area contributed by atoms with Crippen molar-refractivity contribution in [2.75, 3.05) is 0 Å². The third-order valence-corrected chi connectivity index (χ3v) is 1.57. The lowest BCUT2D eigenvalue weighted by atomic mass is 10.2. The Morgan fingerprint density at radius 2 is 2.50 bits per heavy atom. The third kappa shape index (κ3) is 2.34. The van der Waals surface area contributed by atoms with Crippen LogP contribution in [0.1, 0.15) is 13.3 Å². The van der Waals surface area contributed by atoms with Gasteiger partial charge in [0.05, 0.1) is 6.33 Å². The molecule has 0 saturated carbocycles. The maximum absolute atomic E-state index is 11.1. The van der Waals surface area contributed by atoms with E-state index in [1.165, 1.54) is 12.3 Å². The summed E-state index contributed by atoms with van der Waals surface area (Å²) in [7, 11) is 0. The summed E-state index contributed by atoms with van der Waals surface area (Å²) >= 11 is 0. The zero-order valence-corrected chi connectivity index (χ0v) is 7.16. The molecule has 0 radical (unpaired) electrons. The average Bonchev–Trinajstić information content (AvgIpc) is 2.03. The topological polar surface area (TPSA) is 34.9 Å². The van der Waals surface area contributed by atoms with Crippen molar-refractivity contribution < 1.29 is 0 Å². The molecule has 0 aliphatic carbocycles. The van der Waals surface area contributed by atoms with Crippen LogP contribution in [0.2, 0.25) is 0 Å². The monoisotopic (exact) mass is 164 g/mol. The minimum Gasteiger partial charge on any atom is -0.299 e. The van der Waals surface area contributed by atoms with Gasteiger partial charge in [0, 0.05) is 18.8 Å². The average molecular weight is 164 g/mol. The molecule has 3 heteroatoms. The minimum absolute atomic E-state index is 0.00810. The van der Waals surface area contributed by atoms with E-state index in [0.29, 0.717) is 6.54 Å². The smallest absolute Gasteiger partial charge is 0.253 e. The van der Waals surface area contributed by atoms with Crippen molar-refractivity contribution >= 4 is 0 Å². The van der Waals surface area contributed by atoms with Gasteiger partial charge in [0.15, 0.2) is 0 Å². The van der Waals surface area contributed by atoms with Crippen molar-refractivity contribution in [2.24, 2.45) is 0 Å². The zero-order valence-electron chi connectivity index (χ0n) is 7.16. The van der Waals surface area contributed by atoms with E-state index in [2.05, 4.69) is 11.6 Å². The SMILES string of the molecule is C=C(C)CCn1cnccc1=O. The Morgan fingerprint density at radius 1 is 1.75 bits per heavy atom. The summed E-state index contributed by atoms with van der Waals surface area (Å²) in [5.41, 5.74) is 1.07. The van der Waals surface area contributed by atoms with Gasteiger partial charge in [0.2, 0.25) is 0 Å². The largest absolute Gasteiger partial charge is 0.299 e. The lowest BCUT2D eigenvalue weighted by molar-refractivity contribution is 0.652. The Kier molecular flexibility index (Phi) is 2.80. The van der Waals surface area contributed by atoms with E-state index >= 15 is 0 Å². The number of nitrogens with zero attached hydrogens (tertiary/aromatic N) is 2. The Labute approximate surface area is 71.4 Å². The number of hydrogen-bond donors (Lipinski definition) is 0. The molecule has 0 aromatic carbocycles. The third-order valence-electron chi connectivity index (χ3n) is 1.57. The lowest BCUT2D eigenvalue weighted by Gasteiger charge is -2.02. The van der Waals surface area contributed by atoms with Crippen LogP contribution in [0, 0.1) is 0 Å². The maximum atomic E-state index is 11.1. The summed E-state index contributed by atoms with van der Waals surface area (Å²) < 4.78 is 1.58. The first kappa shape index (κ1) is 8.71. The fourth-order valence-electron chi connectivity index (χ4n) is 0.858. The highest BCUT2D eigenvalue weighted by Crippen LogP contribution is 1.96. The van der Waals surface area contributed by atoms with E-state index in [0.717, 1.165) is 12.0 Å². The molecule has 0 bridgehead atoms. The van der Waals surface area contributed by atoms with E-state index in [-0.39, 0.29) is 5.56 Å². The second kappa shape index (κ2) is 3.85. The van der Waals surface area contributed by atoms with Crippen molar-refractivity contribution in [3.8, 4) is 0 Å². The van der Waals surface area contributed by atoms with Gasteiger partial charge in [-0.2, -0.15) is 0 Å². The molecule has 0 atom stereocenters. The standard InChI is InChI=1S/C9H12N2O/c1-8(2)4-6-11-7-10-5-3-9(11)12/h3,5,7H,1,4,6H2,2H3. The molecular formula is C9H12N2O. The molecular weight excluding hydrogens is 152 g/mol. The van der Waals surface area contributed by atoms with Gasteiger partial charge < -0.3 is 0 Å². The number of rotatable bonds is 3. The van der Waals surface area contributed by atoms with Crippen molar-refractivity contribution in [3.63, 3.8) is 0 Å². The quantitative estimate of drug-likeness (QED) is 0.629. The highest BCUT2D eigenvalue weighted by Gasteiger charge is 1.93. The van der Waals surface area contributed by atoms with Gasteiger partial charge >= 0.3 is 0 Å². The molecule has 1 rings (SSSR count). The predicted octanol–water partition coefficient (Wildman–Crippen LogP) is 1.21. The number of aromatic nitrogens is 2.